The van der Waals surface area contributed by atoms with Crippen LogP contribution in [0.2, 0.25) is 0 Å². The standard InChI is InChI=1S/C18H20N2O3/c21-18(19-12-15-13-22-10-11-23-15)20-17-9-5-4-8-16(17)14-6-2-1-3-7-14/h1-9,15H,10-13H2,(H2,19,20,21)/t15-/m0/s1. The number of rotatable bonds is 4. The molecule has 0 aromatic heterocycles. The number of urea groups is 1. The van der Waals surface area contributed by atoms with E-state index in [1.807, 2.05) is 54.6 Å². The third-order valence-electron chi connectivity index (χ3n) is 3.64. The van der Waals surface area contributed by atoms with Gasteiger partial charge in [-0.05, 0) is 11.6 Å². The highest BCUT2D eigenvalue weighted by molar-refractivity contribution is 5.94. The molecule has 1 atom stereocenters. The Balaban J connectivity index is 1.62. The highest BCUT2D eigenvalue weighted by Gasteiger charge is 2.15. The van der Waals surface area contributed by atoms with E-state index in [-0.39, 0.29) is 12.1 Å². The van der Waals surface area contributed by atoms with E-state index in [4.69, 9.17) is 9.47 Å². The van der Waals surface area contributed by atoms with Crippen LogP contribution in [0.15, 0.2) is 54.6 Å². The van der Waals surface area contributed by atoms with E-state index in [2.05, 4.69) is 10.6 Å². The smallest absolute Gasteiger partial charge is 0.319 e. The molecule has 0 radical (unpaired) electrons. The first kappa shape index (κ1) is 15.5. The molecule has 23 heavy (non-hydrogen) atoms. The van der Waals surface area contributed by atoms with Gasteiger partial charge < -0.3 is 20.1 Å². The van der Waals surface area contributed by atoms with Crippen molar-refractivity contribution in [2.75, 3.05) is 31.7 Å². The number of ether oxygens (including phenoxy) is 2. The number of benzene rings is 2. The van der Waals surface area contributed by atoms with Gasteiger partial charge >= 0.3 is 6.03 Å². The highest BCUT2D eigenvalue weighted by atomic mass is 16.6. The number of carbonyl (C=O) groups is 1. The van der Waals surface area contributed by atoms with Crippen LogP contribution in [-0.4, -0.2) is 38.5 Å². The van der Waals surface area contributed by atoms with Crippen LogP contribution in [0.1, 0.15) is 0 Å². The molecule has 0 spiro atoms. The van der Waals surface area contributed by atoms with Crippen LogP contribution in [0.5, 0.6) is 0 Å². The average molecular weight is 312 g/mol. The molecule has 1 heterocycles. The van der Waals surface area contributed by atoms with E-state index < -0.39 is 0 Å². The predicted molar refractivity (Wildman–Crippen MR) is 89.5 cm³/mol. The number of hydrogen-bond acceptors (Lipinski definition) is 3. The number of para-hydroxylation sites is 1. The molecule has 0 saturated carbocycles. The Morgan fingerprint density at radius 1 is 1.04 bits per heavy atom. The van der Waals surface area contributed by atoms with E-state index in [1.54, 1.807) is 0 Å². The largest absolute Gasteiger partial charge is 0.376 e. The topological polar surface area (TPSA) is 59.6 Å². The zero-order valence-corrected chi connectivity index (χ0v) is 12.8. The van der Waals surface area contributed by atoms with Gasteiger partial charge in [0.05, 0.1) is 31.6 Å². The molecule has 1 saturated heterocycles. The fraction of sp³-hybridized carbons (Fsp3) is 0.278. The molecule has 1 fully saturated rings. The Morgan fingerprint density at radius 2 is 1.83 bits per heavy atom. The number of hydrogen-bond donors (Lipinski definition) is 2. The first-order valence-electron chi connectivity index (χ1n) is 7.71. The number of carbonyl (C=O) groups excluding carboxylic acids is 1. The van der Waals surface area contributed by atoms with Crippen molar-refractivity contribution in [1.29, 1.82) is 0 Å². The minimum absolute atomic E-state index is 0.0844. The molecule has 2 amide bonds. The normalized spacial score (nSPS) is 17.5. The molecule has 1 aliphatic heterocycles. The molecule has 0 bridgehead atoms. The number of nitrogens with one attached hydrogen (secondary N) is 2. The van der Waals surface area contributed by atoms with E-state index in [0.29, 0.717) is 26.4 Å². The first-order chi connectivity index (χ1) is 11.3. The molecule has 1 aliphatic rings. The van der Waals surface area contributed by atoms with Crippen LogP contribution in [0.3, 0.4) is 0 Å². The summed E-state index contributed by atoms with van der Waals surface area (Å²) in [7, 11) is 0. The summed E-state index contributed by atoms with van der Waals surface area (Å²) in [6, 6.07) is 17.5. The summed E-state index contributed by atoms with van der Waals surface area (Å²) in [4.78, 5) is 12.1. The number of anilines is 1. The lowest BCUT2D eigenvalue weighted by Gasteiger charge is -2.23. The van der Waals surface area contributed by atoms with Gasteiger partial charge in [0.15, 0.2) is 0 Å². The van der Waals surface area contributed by atoms with Crippen molar-refractivity contribution in [3.8, 4) is 11.1 Å². The maximum Gasteiger partial charge on any atom is 0.319 e. The van der Waals surface area contributed by atoms with E-state index in [0.717, 1.165) is 16.8 Å². The lowest BCUT2D eigenvalue weighted by Crippen LogP contribution is -2.41. The van der Waals surface area contributed by atoms with Crippen LogP contribution in [0, 0.1) is 0 Å². The molecule has 3 rings (SSSR count). The van der Waals surface area contributed by atoms with Crippen molar-refractivity contribution in [3.05, 3.63) is 54.6 Å². The Morgan fingerprint density at radius 3 is 2.61 bits per heavy atom. The van der Waals surface area contributed by atoms with Crippen LogP contribution < -0.4 is 10.6 Å². The van der Waals surface area contributed by atoms with Crippen molar-refractivity contribution >= 4 is 11.7 Å². The lowest BCUT2D eigenvalue weighted by atomic mass is 10.0. The highest BCUT2D eigenvalue weighted by Crippen LogP contribution is 2.27. The molecule has 2 N–H and O–H groups in total. The zero-order chi connectivity index (χ0) is 15.9. The van der Waals surface area contributed by atoms with Gasteiger partial charge in [-0.3, -0.25) is 0 Å². The van der Waals surface area contributed by atoms with Gasteiger partial charge in [0.2, 0.25) is 0 Å². The summed E-state index contributed by atoms with van der Waals surface area (Å²) in [5.74, 6) is 0. The molecule has 120 valence electrons. The van der Waals surface area contributed by atoms with Gasteiger partial charge in [0.25, 0.3) is 0 Å². The van der Waals surface area contributed by atoms with Crippen LogP contribution in [-0.2, 0) is 9.47 Å². The van der Waals surface area contributed by atoms with Crippen molar-refractivity contribution in [3.63, 3.8) is 0 Å². The fourth-order valence-electron chi connectivity index (χ4n) is 2.49. The Labute approximate surface area is 135 Å². The second kappa shape index (κ2) is 7.76. The molecular formula is C18H20N2O3. The van der Waals surface area contributed by atoms with Gasteiger partial charge in [0.1, 0.15) is 0 Å². The summed E-state index contributed by atoms with van der Waals surface area (Å²) < 4.78 is 10.8. The van der Waals surface area contributed by atoms with E-state index >= 15 is 0 Å². The molecule has 5 nitrogen and oxygen atoms in total. The molecule has 0 aliphatic carbocycles. The summed E-state index contributed by atoms with van der Waals surface area (Å²) in [5, 5.41) is 5.73. The minimum Gasteiger partial charge on any atom is -0.376 e. The molecule has 0 unspecified atom stereocenters. The second-order valence-electron chi connectivity index (χ2n) is 5.31. The SMILES string of the molecule is O=C(NC[C@H]1COCCO1)Nc1ccccc1-c1ccccc1. The van der Waals surface area contributed by atoms with E-state index in [1.165, 1.54) is 0 Å². The number of amides is 2. The Hall–Kier alpha value is -2.37. The van der Waals surface area contributed by atoms with E-state index in [9.17, 15) is 4.79 Å². The van der Waals surface area contributed by atoms with Crippen molar-refractivity contribution in [2.24, 2.45) is 0 Å². The summed E-state index contributed by atoms with van der Waals surface area (Å²) >= 11 is 0. The monoisotopic (exact) mass is 312 g/mol. The predicted octanol–water partition coefficient (Wildman–Crippen LogP) is 2.89. The van der Waals surface area contributed by atoms with Crippen molar-refractivity contribution in [1.82, 2.24) is 5.32 Å². The quantitative estimate of drug-likeness (QED) is 0.912. The maximum atomic E-state index is 12.1. The summed E-state index contributed by atoms with van der Waals surface area (Å²) in [5.41, 5.74) is 2.82. The van der Waals surface area contributed by atoms with Gasteiger partial charge in [-0.1, -0.05) is 48.5 Å². The molecular weight excluding hydrogens is 292 g/mol. The maximum absolute atomic E-state index is 12.1. The third-order valence-corrected chi connectivity index (χ3v) is 3.64. The van der Waals surface area contributed by atoms with Crippen LogP contribution >= 0.6 is 0 Å². The zero-order valence-electron chi connectivity index (χ0n) is 12.8. The fourth-order valence-corrected chi connectivity index (χ4v) is 2.49. The van der Waals surface area contributed by atoms with Crippen molar-refractivity contribution in [2.45, 2.75) is 6.10 Å². The Kier molecular flexibility index (Phi) is 5.24. The first-order valence-corrected chi connectivity index (χ1v) is 7.71. The van der Waals surface area contributed by atoms with Gasteiger partial charge in [0, 0.05) is 12.1 Å². The van der Waals surface area contributed by atoms with Gasteiger partial charge in [-0.2, -0.15) is 0 Å². The summed E-state index contributed by atoms with van der Waals surface area (Å²) in [6.45, 7) is 2.14. The second-order valence-corrected chi connectivity index (χ2v) is 5.31. The van der Waals surface area contributed by atoms with Gasteiger partial charge in [-0.15, -0.1) is 0 Å². The molecule has 2 aromatic rings. The third kappa shape index (κ3) is 4.31. The van der Waals surface area contributed by atoms with Crippen LogP contribution in [0.4, 0.5) is 10.5 Å². The Bertz CT molecular complexity index is 640. The molecule has 5 heteroatoms. The van der Waals surface area contributed by atoms with Crippen LogP contribution in [0.25, 0.3) is 11.1 Å². The van der Waals surface area contributed by atoms with Crippen molar-refractivity contribution < 1.29 is 14.3 Å². The lowest BCUT2D eigenvalue weighted by molar-refractivity contribution is -0.0852. The summed E-state index contributed by atoms with van der Waals surface area (Å²) in [6.07, 6.45) is -0.0844. The van der Waals surface area contributed by atoms with Gasteiger partial charge in [-0.25, -0.2) is 4.79 Å². The minimum atomic E-state index is -0.248. The average Bonchev–Trinajstić information content (AvgIpc) is 2.62. The molecule has 2 aromatic carbocycles.